The Labute approximate surface area is 197 Å². The zero-order valence-electron chi connectivity index (χ0n) is 18.9. The van der Waals surface area contributed by atoms with Gasteiger partial charge in [0.05, 0.1) is 23.9 Å². The van der Waals surface area contributed by atoms with E-state index < -0.39 is 5.97 Å². The van der Waals surface area contributed by atoms with Crippen molar-refractivity contribution in [1.82, 2.24) is 4.57 Å². The third-order valence-corrected chi connectivity index (χ3v) is 6.06. The molecule has 1 aromatic heterocycles. The van der Waals surface area contributed by atoms with Gasteiger partial charge in [0.25, 0.3) is 5.91 Å². The third-order valence-electron chi connectivity index (χ3n) is 5.81. The van der Waals surface area contributed by atoms with E-state index in [-0.39, 0.29) is 5.91 Å². The highest BCUT2D eigenvalue weighted by Crippen LogP contribution is 2.36. The van der Waals surface area contributed by atoms with Gasteiger partial charge in [0, 0.05) is 16.0 Å². The number of nitrogens with zero attached hydrogens (tertiary/aromatic N) is 1. The summed E-state index contributed by atoms with van der Waals surface area (Å²) in [4.78, 5) is 26.5. The number of hydrogen-bond donors (Lipinski definition) is 0. The minimum atomic E-state index is -0.478. The lowest BCUT2D eigenvalue weighted by molar-refractivity contribution is 0.0733. The number of methoxy groups -OCH3 is 1. The first kappa shape index (κ1) is 22.6. The number of esters is 1. The molecule has 3 aromatic carbocycles. The number of carbonyl (C=O) groups excluding carboxylic acids is 2. The molecule has 0 saturated carbocycles. The Hall–Kier alpha value is -3.57. The van der Waals surface area contributed by atoms with Gasteiger partial charge in [0.2, 0.25) is 0 Å². The van der Waals surface area contributed by atoms with E-state index in [0.29, 0.717) is 44.2 Å². The number of fused-ring (bicyclic) bond motifs is 1. The first-order chi connectivity index (χ1) is 15.8. The zero-order valence-corrected chi connectivity index (χ0v) is 19.7. The van der Waals surface area contributed by atoms with Crippen molar-refractivity contribution in [3.05, 3.63) is 93.6 Å². The molecule has 0 bridgehead atoms. The summed E-state index contributed by atoms with van der Waals surface area (Å²) in [5.74, 6) is 0.202. The summed E-state index contributed by atoms with van der Waals surface area (Å²) in [5.41, 5.74) is 4.29. The standard InChI is InChI=1S/C27H24ClNO4/c1-5-18-14-20(7-6-16(18)2)27(31)33-25-17(3)29(24-13-12-22(32-4)15-23(24)25)26(30)19-8-10-21(28)11-9-19/h6-15H,5H2,1-4H3. The van der Waals surface area contributed by atoms with Gasteiger partial charge in [-0.3, -0.25) is 9.36 Å². The van der Waals surface area contributed by atoms with Crippen LogP contribution in [0.1, 0.15) is 44.5 Å². The fourth-order valence-corrected chi connectivity index (χ4v) is 4.07. The van der Waals surface area contributed by atoms with Gasteiger partial charge in [0.15, 0.2) is 5.75 Å². The maximum atomic E-state index is 13.4. The van der Waals surface area contributed by atoms with Gasteiger partial charge < -0.3 is 9.47 Å². The molecule has 0 aliphatic heterocycles. The molecule has 0 saturated heterocycles. The molecule has 0 unspecified atom stereocenters. The SMILES string of the molecule is CCc1cc(C(=O)Oc2c(C)n(C(=O)c3ccc(Cl)cc3)c3ccc(OC)cc23)ccc1C. The van der Waals surface area contributed by atoms with Crippen molar-refractivity contribution in [3.8, 4) is 11.5 Å². The predicted octanol–water partition coefficient (Wildman–Crippen LogP) is 6.39. The van der Waals surface area contributed by atoms with Crippen molar-refractivity contribution in [1.29, 1.82) is 0 Å². The Morgan fingerprint density at radius 2 is 1.64 bits per heavy atom. The molecule has 5 nitrogen and oxygen atoms in total. The predicted molar refractivity (Wildman–Crippen MR) is 130 cm³/mol. The topological polar surface area (TPSA) is 57.5 Å². The molecular weight excluding hydrogens is 438 g/mol. The highest BCUT2D eigenvalue weighted by molar-refractivity contribution is 6.30. The van der Waals surface area contributed by atoms with Crippen molar-refractivity contribution in [2.75, 3.05) is 7.11 Å². The van der Waals surface area contributed by atoms with E-state index in [1.54, 1.807) is 67.1 Å². The van der Waals surface area contributed by atoms with Gasteiger partial charge >= 0.3 is 5.97 Å². The lowest BCUT2D eigenvalue weighted by Crippen LogP contribution is -2.14. The van der Waals surface area contributed by atoms with Crippen LogP contribution in [0.15, 0.2) is 60.7 Å². The molecule has 168 valence electrons. The maximum absolute atomic E-state index is 13.4. The van der Waals surface area contributed by atoms with E-state index in [1.165, 1.54) is 0 Å². The molecule has 4 rings (SSSR count). The van der Waals surface area contributed by atoms with E-state index in [4.69, 9.17) is 21.1 Å². The van der Waals surface area contributed by atoms with Crippen molar-refractivity contribution in [3.63, 3.8) is 0 Å². The Balaban J connectivity index is 1.82. The van der Waals surface area contributed by atoms with Crippen LogP contribution in [0.4, 0.5) is 0 Å². The average molecular weight is 462 g/mol. The van der Waals surface area contributed by atoms with Crippen LogP contribution >= 0.6 is 11.6 Å². The number of aryl methyl sites for hydroxylation is 2. The summed E-state index contributed by atoms with van der Waals surface area (Å²) in [5, 5.41) is 1.16. The van der Waals surface area contributed by atoms with Gasteiger partial charge in [-0.2, -0.15) is 0 Å². The van der Waals surface area contributed by atoms with Crippen LogP contribution in [0.25, 0.3) is 10.9 Å². The monoisotopic (exact) mass is 461 g/mol. The van der Waals surface area contributed by atoms with E-state index >= 15 is 0 Å². The van der Waals surface area contributed by atoms with E-state index in [2.05, 4.69) is 0 Å². The Bertz CT molecular complexity index is 1370. The summed E-state index contributed by atoms with van der Waals surface area (Å²) in [6.45, 7) is 5.82. The molecule has 1 heterocycles. The molecule has 6 heteroatoms. The van der Waals surface area contributed by atoms with E-state index in [0.717, 1.165) is 17.5 Å². The normalized spacial score (nSPS) is 10.9. The smallest absolute Gasteiger partial charge is 0.343 e. The fourth-order valence-electron chi connectivity index (χ4n) is 3.94. The fraction of sp³-hybridized carbons (Fsp3) is 0.185. The number of benzene rings is 3. The second-order valence-corrected chi connectivity index (χ2v) is 8.27. The highest BCUT2D eigenvalue weighted by atomic mass is 35.5. The minimum Gasteiger partial charge on any atom is -0.497 e. The molecule has 0 fully saturated rings. The van der Waals surface area contributed by atoms with Crippen molar-refractivity contribution >= 4 is 34.4 Å². The summed E-state index contributed by atoms with van der Waals surface area (Å²) in [6, 6.07) is 17.5. The minimum absolute atomic E-state index is 0.245. The summed E-state index contributed by atoms with van der Waals surface area (Å²) in [7, 11) is 1.56. The summed E-state index contributed by atoms with van der Waals surface area (Å²) < 4.78 is 12.8. The molecule has 0 amide bonds. The third kappa shape index (κ3) is 4.24. The van der Waals surface area contributed by atoms with Crippen LogP contribution in [0.5, 0.6) is 11.5 Å². The zero-order chi connectivity index (χ0) is 23.7. The molecular formula is C27H24ClNO4. The van der Waals surface area contributed by atoms with Crippen molar-refractivity contribution in [2.45, 2.75) is 27.2 Å². The van der Waals surface area contributed by atoms with Crippen molar-refractivity contribution in [2.24, 2.45) is 0 Å². The van der Waals surface area contributed by atoms with Crippen LogP contribution < -0.4 is 9.47 Å². The second-order valence-electron chi connectivity index (χ2n) is 7.83. The number of halogens is 1. The largest absolute Gasteiger partial charge is 0.497 e. The van der Waals surface area contributed by atoms with Gasteiger partial charge in [-0.05, 0) is 86.0 Å². The molecule has 0 radical (unpaired) electrons. The van der Waals surface area contributed by atoms with Gasteiger partial charge in [0.1, 0.15) is 5.75 Å². The highest BCUT2D eigenvalue weighted by Gasteiger charge is 2.24. The van der Waals surface area contributed by atoms with Crippen molar-refractivity contribution < 1.29 is 19.1 Å². The van der Waals surface area contributed by atoms with E-state index in [1.807, 2.05) is 26.0 Å². The van der Waals surface area contributed by atoms with Crippen LogP contribution in [0.3, 0.4) is 0 Å². The molecule has 0 aliphatic rings. The first-order valence-electron chi connectivity index (χ1n) is 10.6. The van der Waals surface area contributed by atoms with Crippen LogP contribution in [-0.4, -0.2) is 23.6 Å². The number of carbonyl (C=O) groups is 2. The lowest BCUT2D eigenvalue weighted by atomic mass is 10.0. The molecule has 4 aromatic rings. The Morgan fingerprint density at radius 1 is 0.939 bits per heavy atom. The number of hydrogen-bond acceptors (Lipinski definition) is 4. The van der Waals surface area contributed by atoms with Gasteiger partial charge in [-0.15, -0.1) is 0 Å². The Kier molecular flexibility index (Phi) is 6.25. The van der Waals surface area contributed by atoms with E-state index in [9.17, 15) is 9.59 Å². The lowest BCUT2D eigenvalue weighted by Gasteiger charge is -2.09. The van der Waals surface area contributed by atoms with Crippen LogP contribution in [-0.2, 0) is 6.42 Å². The Morgan fingerprint density at radius 3 is 2.30 bits per heavy atom. The van der Waals surface area contributed by atoms with Gasteiger partial charge in [-0.25, -0.2) is 4.79 Å². The number of rotatable bonds is 5. The number of aromatic nitrogens is 1. The molecule has 33 heavy (non-hydrogen) atoms. The summed E-state index contributed by atoms with van der Waals surface area (Å²) in [6.07, 6.45) is 0.818. The average Bonchev–Trinajstić information content (AvgIpc) is 3.09. The van der Waals surface area contributed by atoms with Gasteiger partial charge in [-0.1, -0.05) is 24.6 Å². The maximum Gasteiger partial charge on any atom is 0.343 e. The number of ether oxygens (including phenoxy) is 2. The van der Waals surface area contributed by atoms with Crippen LogP contribution in [0.2, 0.25) is 5.02 Å². The summed E-state index contributed by atoms with van der Waals surface area (Å²) >= 11 is 5.98. The molecule has 0 spiro atoms. The molecule has 0 atom stereocenters. The molecule has 0 N–H and O–H groups in total. The first-order valence-corrected chi connectivity index (χ1v) is 11.0. The quantitative estimate of drug-likeness (QED) is 0.323. The van der Waals surface area contributed by atoms with Crippen LogP contribution in [0, 0.1) is 13.8 Å². The molecule has 0 aliphatic carbocycles. The second kappa shape index (κ2) is 9.12.